The second-order valence-electron chi connectivity index (χ2n) is 5.73. The average Bonchev–Trinajstić information content (AvgIpc) is 1.78. The Morgan fingerprint density at radius 2 is 1.43 bits per heavy atom. The van der Waals surface area contributed by atoms with E-state index in [1.807, 2.05) is 4.90 Å². The predicted molar refractivity (Wildman–Crippen MR) is 65.3 cm³/mol. The molecule has 0 aliphatic carbocycles. The number of carbonyl (C=O) groups excluding carboxylic acids is 1. The van der Waals surface area contributed by atoms with E-state index in [0.717, 1.165) is 6.04 Å². The molecule has 0 N–H and O–H groups in total. The molecule has 2 nitrogen and oxygen atoms in total. The van der Waals surface area contributed by atoms with Crippen molar-refractivity contribution in [2.45, 2.75) is 65.5 Å². The zero-order valence-corrected chi connectivity index (χ0v) is 11.7. The van der Waals surface area contributed by atoms with E-state index in [0.29, 0.717) is 18.0 Å². The van der Waals surface area contributed by atoms with Crippen molar-refractivity contribution >= 4 is 14.0 Å². The molecule has 0 radical (unpaired) electrons. The lowest BCUT2D eigenvalue weighted by Crippen LogP contribution is -2.44. The maximum absolute atomic E-state index is 12.0. The van der Waals surface area contributed by atoms with Gasteiger partial charge in [-0.25, -0.2) is 0 Å². The Kier molecular flexibility index (Phi) is 4.85. The Morgan fingerprint density at radius 3 is 1.64 bits per heavy atom. The number of nitrogens with zero attached hydrogens (tertiary/aromatic N) is 1. The van der Waals surface area contributed by atoms with Crippen LogP contribution >= 0.6 is 0 Å². The van der Waals surface area contributed by atoms with Gasteiger partial charge in [0.15, 0.2) is 0 Å². The minimum Gasteiger partial charge on any atom is -0.338 e. The van der Waals surface area contributed by atoms with Crippen LogP contribution in [0.15, 0.2) is 0 Å². The van der Waals surface area contributed by atoms with Gasteiger partial charge in [0, 0.05) is 18.1 Å². The highest BCUT2D eigenvalue weighted by Crippen LogP contribution is 2.14. The summed E-state index contributed by atoms with van der Waals surface area (Å²) in [5, 5.41) is 0. The quantitative estimate of drug-likeness (QED) is 0.660. The molecule has 3 heteroatoms. The molecule has 0 aliphatic rings. The lowest BCUT2D eigenvalue weighted by molar-refractivity contribution is -0.132. The minimum absolute atomic E-state index is 0.318. The van der Waals surface area contributed by atoms with Gasteiger partial charge in [0.05, 0.1) is 8.07 Å². The lowest BCUT2D eigenvalue weighted by atomic mass is 10.2. The van der Waals surface area contributed by atoms with E-state index in [-0.39, 0.29) is 0 Å². The molecular weight excluding hydrogens is 190 g/mol. The van der Waals surface area contributed by atoms with Gasteiger partial charge in [-0.3, -0.25) is 4.79 Å². The van der Waals surface area contributed by atoms with Crippen molar-refractivity contribution in [3.05, 3.63) is 0 Å². The summed E-state index contributed by atoms with van der Waals surface area (Å²) < 4.78 is 0. The first-order valence-electron chi connectivity index (χ1n) is 5.46. The maximum atomic E-state index is 12.0. The van der Waals surface area contributed by atoms with Crippen LogP contribution in [0.25, 0.3) is 0 Å². The fourth-order valence-electron chi connectivity index (χ4n) is 1.72. The molecule has 0 aromatic heterocycles. The van der Waals surface area contributed by atoms with E-state index in [1.165, 1.54) is 0 Å². The Balaban J connectivity index is 4.47. The molecule has 14 heavy (non-hydrogen) atoms. The topological polar surface area (TPSA) is 20.3 Å². The molecule has 0 saturated carbocycles. The first-order chi connectivity index (χ1) is 6.15. The summed E-state index contributed by atoms with van der Waals surface area (Å²) in [5.74, 6) is 0.328. The number of carbonyl (C=O) groups is 1. The summed E-state index contributed by atoms with van der Waals surface area (Å²) in [6.45, 7) is 15.1. The van der Waals surface area contributed by atoms with Gasteiger partial charge in [-0.2, -0.15) is 0 Å². The van der Waals surface area contributed by atoms with Crippen LogP contribution < -0.4 is 0 Å². The second-order valence-corrected chi connectivity index (χ2v) is 11.2. The van der Waals surface area contributed by atoms with Crippen molar-refractivity contribution in [2.75, 3.05) is 0 Å². The lowest BCUT2D eigenvalue weighted by Gasteiger charge is -2.32. The molecule has 0 saturated heterocycles. The van der Waals surface area contributed by atoms with Gasteiger partial charge in [-0.15, -0.1) is 0 Å². The third kappa shape index (κ3) is 4.79. The molecule has 0 fully saturated rings. The van der Waals surface area contributed by atoms with Crippen LogP contribution in [0.1, 0.15) is 27.7 Å². The first-order valence-corrected chi connectivity index (χ1v) is 9.17. The molecule has 0 bridgehead atoms. The smallest absolute Gasteiger partial charge is 0.220 e. The van der Waals surface area contributed by atoms with Crippen molar-refractivity contribution in [3.63, 3.8) is 0 Å². The van der Waals surface area contributed by atoms with Crippen LogP contribution in [-0.2, 0) is 4.79 Å². The van der Waals surface area contributed by atoms with E-state index >= 15 is 0 Å². The molecule has 0 aliphatic heterocycles. The molecule has 0 heterocycles. The molecule has 0 atom stereocenters. The summed E-state index contributed by atoms with van der Waals surface area (Å²) in [6, 6.07) is 1.40. The van der Waals surface area contributed by atoms with Crippen molar-refractivity contribution in [1.29, 1.82) is 0 Å². The van der Waals surface area contributed by atoms with E-state index in [1.54, 1.807) is 0 Å². The number of hydrogen-bond donors (Lipinski definition) is 0. The van der Waals surface area contributed by atoms with E-state index < -0.39 is 8.07 Å². The fraction of sp³-hybridized carbons (Fsp3) is 0.909. The second kappa shape index (κ2) is 4.96. The average molecular weight is 215 g/mol. The van der Waals surface area contributed by atoms with Gasteiger partial charge in [0.25, 0.3) is 0 Å². The molecule has 1 amide bonds. The Labute approximate surface area is 89.7 Å². The van der Waals surface area contributed by atoms with E-state index in [4.69, 9.17) is 0 Å². The summed E-state index contributed by atoms with van der Waals surface area (Å²) in [5.41, 5.74) is 0. The number of amides is 1. The van der Waals surface area contributed by atoms with Gasteiger partial charge < -0.3 is 4.90 Å². The Hall–Kier alpha value is -0.313. The summed E-state index contributed by atoms with van der Waals surface area (Å²) in [7, 11) is -1.27. The maximum Gasteiger partial charge on any atom is 0.220 e. The minimum atomic E-state index is -1.27. The van der Waals surface area contributed by atoms with Gasteiger partial charge >= 0.3 is 0 Å². The summed E-state index contributed by atoms with van der Waals surface area (Å²) in [4.78, 5) is 14.0. The summed E-state index contributed by atoms with van der Waals surface area (Å²) >= 11 is 0. The number of rotatable bonds is 4. The van der Waals surface area contributed by atoms with Crippen LogP contribution in [-0.4, -0.2) is 31.0 Å². The van der Waals surface area contributed by atoms with Crippen molar-refractivity contribution in [2.24, 2.45) is 0 Å². The van der Waals surface area contributed by atoms with Gasteiger partial charge in [-0.05, 0) is 27.7 Å². The van der Waals surface area contributed by atoms with Crippen molar-refractivity contribution in [3.8, 4) is 0 Å². The normalized spacial score (nSPS) is 12.4. The van der Waals surface area contributed by atoms with Crippen molar-refractivity contribution < 1.29 is 4.79 Å². The molecule has 0 aromatic rings. The van der Waals surface area contributed by atoms with Gasteiger partial charge in [0.1, 0.15) is 0 Å². The number of hydrogen-bond acceptors (Lipinski definition) is 1. The van der Waals surface area contributed by atoms with Crippen LogP contribution in [0.4, 0.5) is 0 Å². The molecule has 0 rings (SSSR count). The highest BCUT2D eigenvalue weighted by Gasteiger charge is 2.25. The van der Waals surface area contributed by atoms with Crippen LogP contribution in [0, 0.1) is 0 Å². The van der Waals surface area contributed by atoms with Crippen LogP contribution in [0.3, 0.4) is 0 Å². The fourth-order valence-corrected chi connectivity index (χ4v) is 2.81. The zero-order chi connectivity index (χ0) is 11.5. The van der Waals surface area contributed by atoms with Crippen LogP contribution in [0.2, 0.25) is 25.7 Å². The largest absolute Gasteiger partial charge is 0.338 e. The third-order valence-electron chi connectivity index (χ3n) is 2.08. The SMILES string of the molecule is CC(C)N(C(=O)C[Si](C)(C)C)C(C)C. The first kappa shape index (κ1) is 13.7. The van der Waals surface area contributed by atoms with Crippen molar-refractivity contribution in [1.82, 2.24) is 4.90 Å². The van der Waals surface area contributed by atoms with E-state index in [2.05, 4.69) is 47.3 Å². The molecule has 0 aromatic carbocycles. The Bertz CT molecular complexity index is 186. The standard InChI is InChI=1S/C11H25NOSi/c1-9(2)12(10(3)4)11(13)8-14(5,6)7/h9-10H,8H2,1-7H3. The highest BCUT2D eigenvalue weighted by molar-refractivity contribution is 6.78. The predicted octanol–water partition coefficient (Wildman–Crippen LogP) is 2.97. The van der Waals surface area contributed by atoms with Gasteiger partial charge in [0.2, 0.25) is 5.91 Å². The van der Waals surface area contributed by atoms with Gasteiger partial charge in [-0.1, -0.05) is 19.6 Å². The molecule has 0 unspecified atom stereocenters. The van der Waals surface area contributed by atoms with E-state index in [9.17, 15) is 4.79 Å². The van der Waals surface area contributed by atoms with Crippen LogP contribution in [0.5, 0.6) is 0 Å². The molecular formula is C11H25NOSi. The summed E-state index contributed by atoms with van der Waals surface area (Å²) in [6.07, 6.45) is 0. The molecule has 0 spiro atoms. The zero-order valence-electron chi connectivity index (χ0n) is 10.7. The Morgan fingerprint density at radius 1 is 1.07 bits per heavy atom. The highest BCUT2D eigenvalue weighted by atomic mass is 28.3. The monoisotopic (exact) mass is 215 g/mol. The third-order valence-corrected chi connectivity index (χ3v) is 3.45. The molecule has 84 valence electrons.